The molecule has 5 heteroatoms. The second-order valence-electron chi connectivity index (χ2n) is 6.08. The van der Waals surface area contributed by atoms with Crippen molar-refractivity contribution in [1.82, 2.24) is 0 Å². The molecule has 1 aliphatic heterocycles. The number of halogens is 1. The first-order chi connectivity index (χ1) is 12.5. The molecular weight excluding hydrogens is 348 g/mol. The van der Waals surface area contributed by atoms with Crippen LogP contribution >= 0.6 is 11.6 Å². The molecule has 2 aromatic rings. The summed E-state index contributed by atoms with van der Waals surface area (Å²) in [6.45, 7) is 4.11. The van der Waals surface area contributed by atoms with Gasteiger partial charge >= 0.3 is 0 Å². The molecule has 0 aromatic heterocycles. The van der Waals surface area contributed by atoms with E-state index < -0.39 is 5.91 Å². The molecule has 130 valence electrons. The van der Waals surface area contributed by atoms with Crippen molar-refractivity contribution in [2.45, 2.75) is 13.8 Å². The Kier molecular flexibility index (Phi) is 5.11. The first-order valence-corrected chi connectivity index (χ1v) is 8.48. The van der Waals surface area contributed by atoms with Crippen molar-refractivity contribution in [2.75, 3.05) is 11.9 Å². The minimum absolute atomic E-state index is 0.0213. The van der Waals surface area contributed by atoms with E-state index in [0.29, 0.717) is 5.02 Å². The molecule has 26 heavy (non-hydrogen) atoms. The summed E-state index contributed by atoms with van der Waals surface area (Å²) in [5, 5.41) is 12.8. The van der Waals surface area contributed by atoms with E-state index in [9.17, 15) is 10.1 Å². The van der Waals surface area contributed by atoms with E-state index in [-0.39, 0.29) is 12.2 Å². The molecular formula is C21H17ClN2O2. The molecule has 2 aromatic carbocycles. The Morgan fingerprint density at radius 1 is 1.27 bits per heavy atom. The van der Waals surface area contributed by atoms with Gasteiger partial charge < -0.3 is 10.1 Å². The van der Waals surface area contributed by atoms with Gasteiger partial charge in [0, 0.05) is 16.3 Å². The van der Waals surface area contributed by atoms with Crippen LogP contribution in [-0.4, -0.2) is 12.5 Å². The summed E-state index contributed by atoms with van der Waals surface area (Å²) in [5.74, 6) is 0.285. The normalized spacial score (nSPS) is 13.2. The van der Waals surface area contributed by atoms with Crippen molar-refractivity contribution < 1.29 is 9.53 Å². The third-order valence-corrected chi connectivity index (χ3v) is 4.36. The van der Waals surface area contributed by atoms with Crippen LogP contribution in [-0.2, 0) is 4.79 Å². The predicted octanol–water partition coefficient (Wildman–Crippen LogP) is 4.82. The molecule has 0 saturated carbocycles. The first kappa shape index (κ1) is 17.8. The Balaban J connectivity index is 1.87. The number of nitrogens with zero attached hydrogens (tertiary/aromatic N) is 1. The van der Waals surface area contributed by atoms with E-state index in [1.165, 1.54) is 0 Å². The van der Waals surface area contributed by atoms with Gasteiger partial charge in [-0.1, -0.05) is 29.8 Å². The molecule has 0 fully saturated rings. The maximum absolute atomic E-state index is 12.5. The van der Waals surface area contributed by atoms with Gasteiger partial charge in [0.1, 0.15) is 24.0 Å². The summed E-state index contributed by atoms with van der Waals surface area (Å²) in [6, 6.07) is 13.1. The summed E-state index contributed by atoms with van der Waals surface area (Å²) < 4.78 is 5.66. The van der Waals surface area contributed by atoms with Crippen LogP contribution in [0.25, 0.3) is 6.08 Å². The van der Waals surface area contributed by atoms with Gasteiger partial charge in [0.2, 0.25) is 0 Å². The molecule has 0 aliphatic carbocycles. The standard InChI is InChI=1S/C21H17ClN2O2/c1-13-4-3-5-14(2)20(13)24-21(25)17(11-23)9-15-8-16-10-18(22)6-7-19(16)26-12-15/h3-10H,12H2,1-2H3,(H,24,25)/b17-9-. The number of fused-ring (bicyclic) bond motifs is 1. The van der Waals surface area contributed by atoms with Crippen LogP contribution in [0.5, 0.6) is 5.75 Å². The van der Waals surface area contributed by atoms with E-state index in [4.69, 9.17) is 16.3 Å². The summed E-state index contributed by atoms with van der Waals surface area (Å²) >= 11 is 6.01. The third-order valence-electron chi connectivity index (χ3n) is 4.12. The number of rotatable bonds is 3. The molecule has 0 atom stereocenters. The largest absolute Gasteiger partial charge is 0.488 e. The van der Waals surface area contributed by atoms with Gasteiger partial charge in [-0.25, -0.2) is 0 Å². The molecule has 1 N–H and O–H groups in total. The lowest BCUT2D eigenvalue weighted by molar-refractivity contribution is -0.112. The molecule has 0 radical (unpaired) electrons. The zero-order valence-electron chi connectivity index (χ0n) is 14.5. The number of nitriles is 1. The highest BCUT2D eigenvalue weighted by molar-refractivity contribution is 6.30. The SMILES string of the molecule is Cc1cccc(C)c1NC(=O)/C(C#N)=C\C1=Cc2cc(Cl)ccc2OC1. The van der Waals surface area contributed by atoms with E-state index >= 15 is 0 Å². The summed E-state index contributed by atoms with van der Waals surface area (Å²) in [7, 11) is 0. The first-order valence-electron chi connectivity index (χ1n) is 8.10. The van der Waals surface area contributed by atoms with E-state index in [0.717, 1.165) is 33.7 Å². The van der Waals surface area contributed by atoms with Gasteiger partial charge in [-0.05, 0) is 60.9 Å². The minimum atomic E-state index is -0.442. The fourth-order valence-electron chi connectivity index (χ4n) is 2.78. The molecule has 0 spiro atoms. The number of carbonyl (C=O) groups excluding carboxylic acids is 1. The molecule has 0 saturated heterocycles. The molecule has 4 nitrogen and oxygen atoms in total. The Hall–Kier alpha value is -3.03. The summed E-state index contributed by atoms with van der Waals surface area (Å²) in [4.78, 5) is 12.5. The maximum atomic E-state index is 12.5. The van der Waals surface area contributed by atoms with Crippen LogP contribution in [0.15, 0.2) is 53.6 Å². The predicted molar refractivity (Wildman–Crippen MR) is 103 cm³/mol. The lowest BCUT2D eigenvalue weighted by Crippen LogP contribution is -2.16. The number of benzene rings is 2. The topological polar surface area (TPSA) is 62.1 Å². The highest BCUT2D eigenvalue weighted by atomic mass is 35.5. The van der Waals surface area contributed by atoms with Crippen LogP contribution in [0.4, 0.5) is 5.69 Å². The highest BCUT2D eigenvalue weighted by Crippen LogP contribution is 2.29. The molecule has 1 aliphatic rings. The molecule has 1 heterocycles. The van der Waals surface area contributed by atoms with E-state index in [1.54, 1.807) is 24.3 Å². The smallest absolute Gasteiger partial charge is 0.266 e. The lowest BCUT2D eigenvalue weighted by Gasteiger charge is -2.16. The van der Waals surface area contributed by atoms with Gasteiger partial charge in [-0.3, -0.25) is 4.79 Å². The van der Waals surface area contributed by atoms with Crippen molar-refractivity contribution in [3.8, 4) is 11.8 Å². The van der Waals surface area contributed by atoms with Crippen LogP contribution in [0, 0.1) is 25.2 Å². The number of para-hydroxylation sites is 1. The third kappa shape index (κ3) is 3.79. The van der Waals surface area contributed by atoms with Gasteiger partial charge in [-0.15, -0.1) is 0 Å². The fraction of sp³-hybridized carbons (Fsp3) is 0.143. The number of nitrogens with one attached hydrogen (secondary N) is 1. The average Bonchev–Trinajstić information content (AvgIpc) is 2.62. The van der Waals surface area contributed by atoms with Gasteiger partial charge in [0.15, 0.2) is 0 Å². The highest BCUT2D eigenvalue weighted by Gasteiger charge is 2.15. The van der Waals surface area contributed by atoms with Gasteiger partial charge in [0.25, 0.3) is 5.91 Å². The van der Waals surface area contributed by atoms with Gasteiger partial charge in [-0.2, -0.15) is 5.26 Å². The Morgan fingerprint density at radius 2 is 2.00 bits per heavy atom. The summed E-state index contributed by atoms with van der Waals surface area (Å²) in [5.41, 5.74) is 4.19. The Labute approximate surface area is 157 Å². The zero-order valence-corrected chi connectivity index (χ0v) is 15.2. The van der Waals surface area contributed by atoms with Crippen LogP contribution in [0.3, 0.4) is 0 Å². The second kappa shape index (κ2) is 7.47. The number of ether oxygens (including phenoxy) is 1. The van der Waals surface area contributed by atoms with Crippen molar-refractivity contribution in [3.63, 3.8) is 0 Å². The van der Waals surface area contributed by atoms with Crippen LogP contribution in [0.2, 0.25) is 5.02 Å². The van der Waals surface area contributed by atoms with Crippen LogP contribution in [0.1, 0.15) is 16.7 Å². The number of hydrogen-bond donors (Lipinski definition) is 1. The fourth-order valence-corrected chi connectivity index (χ4v) is 2.96. The summed E-state index contributed by atoms with van der Waals surface area (Å²) in [6.07, 6.45) is 3.42. The monoisotopic (exact) mass is 364 g/mol. The molecule has 3 rings (SSSR count). The second-order valence-corrected chi connectivity index (χ2v) is 6.52. The average molecular weight is 365 g/mol. The van der Waals surface area contributed by atoms with E-state index in [1.807, 2.05) is 44.2 Å². The Morgan fingerprint density at radius 3 is 2.69 bits per heavy atom. The van der Waals surface area contributed by atoms with Gasteiger partial charge in [0.05, 0.1) is 0 Å². The van der Waals surface area contributed by atoms with Crippen LogP contribution < -0.4 is 10.1 Å². The molecule has 0 bridgehead atoms. The molecule has 0 unspecified atom stereocenters. The minimum Gasteiger partial charge on any atom is -0.488 e. The molecule has 1 amide bonds. The van der Waals surface area contributed by atoms with Crippen molar-refractivity contribution >= 4 is 29.3 Å². The number of anilines is 1. The number of hydrogen-bond acceptors (Lipinski definition) is 3. The van der Waals surface area contributed by atoms with Crippen molar-refractivity contribution in [2.24, 2.45) is 0 Å². The van der Waals surface area contributed by atoms with E-state index in [2.05, 4.69) is 5.32 Å². The van der Waals surface area contributed by atoms with Crippen molar-refractivity contribution in [1.29, 1.82) is 5.26 Å². The maximum Gasteiger partial charge on any atom is 0.266 e. The van der Waals surface area contributed by atoms with Crippen molar-refractivity contribution in [3.05, 3.63) is 75.3 Å². The quantitative estimate of drug-likeness (QED) is 0.627. The lowest BCUT2D eigenvalue weighted by atomic mass is 10.0. The zero-order chi connectivity index (χ0) is 18.7. The number of amides is 1. The Bertz CT molecular complexity index is 964. The number of aryl methyl sites for hydroxylation is 2. The number of carbonyl (C=O) groups is 1.